The van der Waals surface area contributed by atoms with Gasteiger partial charge < -0.3 is 10.2 Å². The number of carbonyl (C=O) groups is 2. The van der Waals surface area contributed by atoms with Crippen LogP contribution in [0.1, 0.15) is 47.5 Å². The first-order valence-corrected chi connectivity index (χ1v) is 8.75. The zero-order valence-electron chi connectivity index (χ0n) is 14.5. The fourth-order valence-electron chi connectivity index (χ4n) is 2.45. The van der Waals surface area contributed by atoms with E-state index >= 15 is 0 Å². The second kappa shape index (κ2) is 9.18. The van der Waals surface area contributed by atoms with Gasteiger partial charge in [-0.1, -0.05) is 25.4 Å². The molecule has 0 spiro atoms. The molecule has 2 amide bonds. The molecular formula is C19H22ClN3O2. The fraction of sp³-hybridized carbons (Fsp3) is 0.316. The molecule has 132 valence electrons. The number of nitrogens with zero attached hydrogens (tertiary/aromatic N) is 2. The second-order valence-electron chi connectivity index (χ2n) is 5.68. The van der Waals surface area contributed by atoms with Crippen molar-refractivity contribution >= 4 is 29.1 Å². The van der Waals surface area contributed by atoms with Crippen LogP contribution in [-0.4, -0.2) is 34.8 Å². The summed E-state index contributed by atoms with van der Waals surface area (Å²) in [6.07, 6.45) is 3.27. The number of hydrogen-bond donors (Lipinski definition) is 1. The van der Waals surface area contributed by atoms with Gasteiger partial charge >= 0.3 is 0 Å². The topological polar surface area (TPSA) is 62.3 Å². The molecule has 5 nitrogen and oxygen atoms in total. The lowest BCUT2D eigenvalue weighted by atomic mass is 10.1. The summed E-state index contributed by atoms with van der Waals surface area (Å²) in [6, 6.07) is 9.97. The summed E-state index contributed by atoms with van der Waals surface area (Å²) in [5.41, 5.74) is 1.29. The van der Waals surface area contributed by atoms with Crippen LogP contribution in [0.15, 0.2) is 42.6 Å². The lowest BCUT2D eigenvalue weighted by Gasteiger charge is -2.21. The van der Waals surface area contributed by atoms with Crippen molar-refractivity contribution in [2.24, 2.45) is 0 Å². The Kier molecular flexibility index (Phi) is 6.95. The van der Waals surface area contributed by atoms with Gasteiger partial charge in [-0.05, 0) is 49.2 Å². The van der Waals surface area contributed by atoms with Crippen molar-refractivity contribution in [1.29, 1.82) is 0 Å². The summed E-state index contributed by atoms with van der Waals surface area (Å²) in [7, 11) is 0. The molecule has 2 rings (SSSR count). The van der Waals surface area contributed by atoms with Crippen LogP contribution >= 0.6 is 11.6 Å². The van der Waals surface area contributed by atoms with Gasteiger partial charge in [0.1, 0.15) is 5.69 Å². The van der Waals surface area contributed by atoms with Gasteiger partial charge in [-0.25, -0.2) is 0 Å². The Bertz CT molecular complexity index is 726. The Morgan fingerprint density at radius 1 is 1.08 bits per heavy atom. The van der Waals surface area contributed by atoms with Gasteiger partial charge in [0, 0.05) is 35.6 Å². The van der Waals surface area contributed by atoms with Crippen molar-refractivity contribution in [2.75, 3.05) is 18.4 Å². The lowest BCUT2D eigenvalue weighted by Crippen LogP contribution is -2.32. The second-order valence-corrected chi connectivity index (χ2v) is 6.12. The highest BCUT2D eigenvalue weighted by atomic mass is 35.5. The van der Waals surface area contributed by atoms with Crippen LogP contribution in [0.25, 0.3) is 0 Å². The maximum Gasteiger partial charge on any atom is 0.274 e. The standard InChI is InChI=1S/C19H22ClN3O2/c1-3-11-23(12-4-2)19(25)14-9-10-21-17(13-14)18(24)22-16-7-5-15(20)6-8-16/h5-10,13H,3-4,11-12H2,1-2H3,(H,22,24). The van der Waals surface area contributed by atoms with Gasteiger partial charge in [-0.3, -0.25) is 14.6 Å². The van der Waals surface area contributed by atoms with E-state index in [0.29, 0.717) is 29.4 Å². The Balaban J connectivity index is 2.15. The summed E-state index contributed by atoms with van der Waals surface area (Å²) < 4.78 is 0. The molecule has 1 aromatic carbocycles. The maximum absolute atomic E-state index is 12.6. The Morgan fingerprint density at radius 3 is 2.32 bits per heavy atom. The van der Waals surface area contributed by atoms with Crippen LogP contribution < -0.4 is 5.32 Å². The van der Waals surface area contributed by atoms with Crippen LogP contribution in [0, 0.1) is 0 Å². The molecule has 1 aromatic heterocycles. The Hall–Kier alpha value is -2.40. The van der Waals surface area contributed by atoms with Crippen molar-refractivity contribution in [3.63, 3.8) is 0 Å². The minimum Gasteiger partial charge on any atom is -0.339 e. The zero-order chi connectivity index (χ0) is 18.2. The van der Waals surface area contributed by atoms with Gasteiger partial charge in [0.25, 0.3) is 11.8 Å². The number of carbonyl (C=O) groups excluding carboxylic acids is 2. The summed E-state index contributed by atoms with van der Waals surface area (Å²) in [5, 5.41) is 3.34. The van der Waals surface area contributed by atoms with Crippen molar-refractivity contribution < 1.29 is 9.59 Å². The predicted molar refractivity (Wildman–Crippen MR) is 100 cm³/mol. The van der Waals surface area contributed by atoms with Crippen LogP contribution in [0.3, 0.4) is 0 Å². The van der Waals surface area contributed by atoms with E-state index in [4.69, 9.17) is 11.6 Å². The molecule has 6 heteroatoms. The molecule has 0 saturated carbocycles. The van der Waals surface area contributed by atoms with Crippen molar-refractivity contribution in [2.45, 2.75) is 26.7 Å². The summed E-state index contributed by atoms with van der Waals surface area (Å²) in [4.78, 5) is 30.9. The van der Waals surface area contributed by atoms with E-state index in [1.54, 1.807) is 35.2 Å². The smallest absolute Gasteiger partial charge is 0.274 e. The Morgan fingerprint density at radius 2 is 1.72 bits per heavy atom. The number of nitrogens with one attached hydrogen (secondary N) is 1. The normalized spacial score (nSPS) is 10.4. The van der Waals surface area contributed by atoms with Crippen LogP contribution in [-0.2, 0) is 0 Å². The molecule has 0 fully saturated rings. The highest BCUT2D eigenvalue weighted by Crippen LogP contribution is 2.15. The quantitative estimate of drug-likeness (QED) is 0.803. The molecule has 0 bridgehead atoms. The van der Waals surface area contributed by atoms with E-state index in [-0.39, 0.29) is 17.5 Å². The van der Waals surface area contributed by atoms with E-state index in [1.807, 2.05) is 13.8 Å². The number of halogens is 1. The number of aromatic nitrogens is 1. The Labute approximate surface area is 153 Å². The molecule has 0 unspecified atom stereocenters. The van der Waals surface area contributed by atoms with Gasteiger partial charge in [0.05, 0.1) is 0 Å². The lowest BCUT2D eigenvalue weighted by molar-refractivity contribution is 0.0755. The summed E-state index contributed by atoms with van der Waals surface area (Å²) in [6.45, 7) is 5.46. The third-order valence-electron chi connectivity index (χ3n) is 3.62. The minimum atomic E-state index is -0.366. The highest BCUT2D eigenvalue weighted by molar-refractivity contribution is 6.30. The number of hydrogen-bond acceptors (Lipinski definition) is 3. The average Bonchev–Trinajstić information content (AvgIpc) is 2.63. The van der Waals surface area contributed by atoms with E-state index in [2.05, 4.69) is 10.3 Å². The maximum atomic E-state index is 12.6. The van der Waals surface area contributed by atoms with E-state index in [9.17, 15) is 9.59 Å². The van der Waals surface area contributed by atoms with E-state index in [1.165, 1.54) is 12.3 Å². The fourth-order valence-corrected chi connectivity index (χ4v) is 2.58. The number of benzene rings is 1. The van der Waals surface area contributed by atoms with Crippen LogP contribution in [0.5, 0.6) is 0 Å². The zero-order valence-corrected chi connectivity index (χ0v) is 15.2. The van der Waals surface area contributed by atoms with Crippen molar-refractivity contribution in [3.8, 4) is 0 Å². The molecule has 2 aromatic rings. The van der Waals surface area contributed by atoms with Crippen LogP contribution in [0.2, 0.25) is 5.02 Å². The van der Waals surface area contributed by atoms with E-state index in [0.717, 1.165) is 12.8 Å². The SMILES string of the molecule is CCCN(CCC)C(=O)c1ccnc(C(=O)Nc2ccc(Cl)cc2)c1. The molecule has 0 atom stereocenters. The first-order valence-electron chi connectivity index (χ1n) is 8.37. The molecule has 25 heavy (non-hydrogen) atoms. The number of amides is 2. The number of rotatable bonds is 7. The predicted octanol–water partition coefficient (Wildman–Crippen LogP) is 4.25. The monoisotopic (exact) mass is 359 g/mol. The molecular weight excluding hydrogens is 338 g/mol. The molecule has 0 aliphatic heterocycles. The average molecular weight is 360 g/mol. The third-order valence-corrected chi connectivity index (χ3v) is 3.87. The van der Waals surface area contributed by atoms with Crippen molar-refractivity contribution in [1.82, 2.24) is 9.88 Å². The van der Waals surface area contributed by atoms with Crippen molar-refractivity contribution in [3.05, 3.63) is 58.9 Å². The number of anilines is 1. The minimum absolute atomic E-state index is 0.0772. The van der Waals surface area contributed by atoms with Gasteiger partial charge in [-0.15, -0.1) is 0 Å². The summed E-state index contributed by atoms with van der Waals surface area (Å²) >= 11 is 5.83. The molecule has 0 aliphatic rings. The molecule has 1 N–H and O–H groups in total. The van der Waals surface area contributed by atoms with Crippen LogP contribution in [0.4, 0.5) is 5.69 Å². The van der Waals surface area contributed by atoms with Gasteiger partial charge in [0.2, 0.25) is 0 Å². The third kappa shape index (κ3) is 5.29. The largest absolute Gasteiger partial charge is 0.339 e. The van der Waals surface area contributed by atoms with Gasteiger partial charge in [-0.2, -0.15) is 0 Å². The first-order chi connectivity index (χ1) is 12.0. The molecule has 1 heterocycles. The summed E-state index contributed by atoms with van der Waals surface area (Å²) in [5.74, 6) is -0.443. The first kappa shape index (κ1) is 18.9. The molecule has 0 saturated heterocycles. The highest BCUT2D eigenvalue weighted by Gasteiger charge is 2.17. The molecule has 0 aliphatic carbocycles. The van der Waals surface area contributed by atoms with E-state index < -0.39 is 0 Å². The molecule has 0 radical (unpaired) electrons. The number of pyridine rings is 1. The van der Waals surface area contributed by atoms with Gasteiger partial charge in [0.15, 0.2) is 0 Å².